The summed E-state index contributed by atoms with van der Waals surface area (Å²) < 4.78 is 6.34. The van der Waals surface area contributed by atoms with Crippen LogP contribution in [0.2, 0.25) is 0 Å². The molecule has 2 aromatic rings. The van der Waals surface area contributed by atoms with Crippen LogP contribution in [0.3, 0.4) is 0 Å². The topological polar surface area (TPSA) is 63.5 Å². The van der Waals surface area contributed by atoms with Gasteiger partial charge in [-0.1, -0.05) is 17.3 Å². The molecule has 0 bridgehead atoms. The van der Waals surface area contributed by atoms with Crippen molar-refractivity contribution in [2.45, 2.75) is 20.4 Å². The summed E-state index contributed by atoms with van der Waals surface area (Å²) in [5.74, 6) is -0.451. The first-order valence-corrected chi connectivity index (χ1v) is 8.60. The fourth-order valence-electron chi connectivity index (χ4n) is 3.14. The molecule has 0 aliphatic carbocycles. The smallest absolute Gasteiger partial charge is 0.360 e. The Morgan fingerprint density at radius 3 is 2.64 bits per heavy atom. The van der Waals surface area contributed by atoms with E-state index < -0.39 is 5.97 Å². The molecule has 2 heterocycles. The van der Waals surface area contributed by atoms with Crippen LogP contribution in [0.15, 0.2) is 24.4 Å². The van der Waals surface area contributed by atoms with Crippen molar-refractivity contribution in [3.63, 3.8) is 0 Å². The van der Waals surface area contributed by atoms with Gasteiger partial charge in [0, 0.05) is 38.4 Å². The summed E-state index contributed by atoms with van der Waals surface area (Å²) >= 11 is 0. The molecule has 1 aliphatic rings. The van der Waals surface area contributed by atoms with Crippen LogP contribution in [-0.2, 0) is 11.3 Å². The largest absolute Gasteiger partial charge is 0.464 e. The number of carbonyl (C=O) groups excluding carboxylic acids is 1. The molecule has 134 valence electrons. The lowest BCUT2D eigenvalue weighted by atomic mass is 10.1. The molecule has 0 spiro atoms. The van der Waals surface area contributed by atoms with Crippen LogP contribution >= 0.6 is 0 Å². The van der Waals surface area contributed by atoms with Gasteiger partial charge < -0.3 is 9.64 Å². The molecule has 25 heavy (non-hydrogen) atoms. The van der Waals surface area contributed by atoms with E-state index in [9.17, 15) is 4.79 Å². The van der Waals surface area contributed by atoms with Crippen LogP contribution in [0.5, 0.6) is 0 Å². The van der Waals surface area contributed by atoms with Gasteiger partial charge in [0.15, 0.2) is 5.69 Å². The average Bonchev–Trinajstić information content (AvgIpc) is 3.11. The molecule has 1 fully saturated rings. The lowest BCUT2D eigenvalue weighted by Gasteiger charge is -2.37. The number of benzene rings is 1. The van der Waals surface area contributed by atoms with E-state index in [2.05, 4.69) is 56.9 Å². The number of aryl methyl sites for hydroxylation is 1. The predicted octanol–water partition coefficient (Wildman–Crippen LogP) is 1.50. The number of hydrogen-bond donors (Lipinski definition) is 0. The maximum atomic E-state index is 11.4. The number of nitrogens with zero attached hydrogens (tertiary/aromatic N) is 5. The van der Waals surface area contributed by atoms with Crippen LogP contribution in [0.25, 0.3) is 0 Å². The van der Waals surface area contributed by atoms with E-state index in [1.807, 2.05) is 0 Å². The van der Waals surface area contributed by atoms with Gasteiger partial charge in [-0.15, -0.1) is 5.10 Å². The van der Waals surface area contributed by atoms with Crippen molar-refractivity contribution in [2.24, 2.45) is 0 Å². The second-order valence-corrected chi connectivity index (χ2v) is 6.41. The number of aromatic nitrogens is 3. The minimum atomic E-state index is -0.451. The van der Waals surface area contributed by atoms with E-state index in [0.717, 1.165) is 32.7 Å². The van der Waals surface area contributed by atoms with Gasteiger partial charge in [-0.2, -0.15) is 0 Å². The zero-order valence-corrected chi connectivity index (χ0v) is 15.1. The molecule has 3 rings (SSSR count). The molecule has 7 heteroatoms. The number of methoxy groups -OCH3 is 1. The van der Waals surface area contributed by atoms with Crippen LogP contribution in [0.1, 0.15) is 21.6 Å². The number of piperazine rings is 1. The molecule has 0 saturated carbocycles. The number of rotatable bonds is 5. The maximum Gasteiger partial charge on any atom is 0.360 e. The summed E-state index contributed by atoms with van der Waals surface area (Å²) in [4.78, 5) is 16.3. The normalized spacial score (nSPS) is 15.4. The molecule has 0 radical (unpaired) electrons. The summed E-state index contributed by atoms with van der Waals surface area (Å²) in [5, 5.41) is 7.81. The fourth-order valence-corrected chi connectivity index (χ4v) is 3.14. The fraction of sp³-hybridized carbons (Fsp3) is 0.500. The molecule has 0 unspecified atom stereocenters. The average molecular weight is 343 g/mol. The number of ether oxygens (including phenoxy) is 1. The van der Waals surface area contributed by atoms with Gasteiger partial charge in [0.1, 0.15) is 0 Å². The zero-order chi connectivity index (χ0) is 17.8. The molecule has 1 aromatic carbocycles. The molecule has 0 N–H and O–H groups in total. The maximum absolute atomic E-state index is 11.4. The number of hydrogen-bond acceptors (Lipinski definition) is 6. The first kappa shape index (κ1) is 17.4. The Labute approximate surface area is 148 Å². The summed E-state index contributed by atoms with van der Waals surface area (Å²) in [6.45, 7) is 10.1. The first-order valence-electron chi connectivity index (χ1n) is 8.60. The third kappa shape index (κ3) is 3.99. The van der Waals surface area contributed by atoms with Crippen LogP contribution in [-0.4, -0.2) is 65.7 Å². The lowest BCUT2D eigenvalue weighted by molar-refractivity contribution is 0.0594. The number of esters is 1. The molecule has 1 saturated heterocycles. The van der Waals surface area contributed by atoms with Gasteiger partial charge in [0.25, 0.3) is 0 Å². The third-order valence-electron chi connectivity index (χ3n) is 4.87. The highest BCUT2D eigenvalue weighted by molar-refractivity contribution is 5.86. The number of carbonyl (C=O) groups is 1. The van der Waals surface area contributed by atoms with Crippen LogP contribution in [0, 0.1) is 13.8 Å². The second-order valence-electron chi connectivity index (χ2n) is 6.41. The van der Waals surface area contributed by atoms with Gasteiger partial charge >= 0.3 is 5.97 Å². The minimum Gasteiger partial charge on any atom is -0.464 e. The molecule has 0 atom stereocenters. The van der Waals surface area contributed by atoms with E-state index in [0.29, 0.717) is 6.54 Å². The zero-order valence-electron chi connectivity index (χ0n) is 15.1. The van der Waals surface area contributed by atoms with Crippen molar-refractivity contribution < 1.29 is 9.53 Å². The Morgan fingerprint density at radius 1 is 1.16 bits per heavy atom. The minimum absolute atomic E-state index is 0.252. The predicted molar refractivity (Wildman–Crippen MR) is 95.9 cm³/mol. The van der Waals surface area contributed by atoms with Crippen LogP contribution in [0.4, 0.5) is 5.69 Å². The molecule has 0 amide bonds. The van der Waals surface area contributed by atoms with E-state index in [-0.39, 0.29) is 5.69 Å². The van der Waals surface area contributed by atoms with E-state index in [1.54, 1.807) is 10.9 Å². The molecular formula is C18H25N5O2. The Hall–Kier alpha value is -2.41. The highest BCUT2D eigenvalue weighted by Gasteiger charge is 2.19. The quantitative estimate of drug-likeness (QED) is 0.767. The summed E-state index contributed by atoms with van der Waals surface area (Å²) in [6, 6.07) is 6.51. The molecule has 1 aromatic heterocycles. The highest BCUT2D eigenvalue weighted by Crippen LogP contribution is 2.23. The van der Waals surface area contributed by atoms with Crippen molar-refractivity contribution in [1.82, 2.24) is 19.9 Å². The van der Waals surface area contributed by atoms with Gasteiger partial charge in [0.2, 0.25) is 0 Å². The third-order valence-corrected chi connectivity index (χ3v) is 4.87. The van der Waals surface area contributed by atoms with Gasteiger partial charge in [-0.05, 0) is 31.0 Å². The summed E-state index contributed by atoms with van der Waals surface area (Å²) in [7, 11) is 1.34. The molecular weight excluding hydrogens is 318 g/mol. The second kappa shape index (κ2) is 7.65. The van der Waals surface area contributed by atoms with Crippen molar-refractivity contribution in [3.05, 3.63) is 41.2 Å². The van der Waals surface area contributed by atoms with Gasteiger partial charge in [-0.25, -0.2) is 4.79 Å². The van der Waals surface area contributed by atoms with Crippen molar-refractivity contribution in [3.8, 4) is 0 Å². The first-order chi connectivity index (χ1) is 12.1. The van der Waals surface area contributed by atoms with E-state index >= 15 is 0 Å². The van der Waals surface area contributed by atoms with E-state index in [4.69, 9.17) is 0 Å². The summed E-state index contributed by atoms with van der Waals surface area (Å²) in [5.41, 5.74) is 4.31. The lowest BCUT2D eigenvalue weighted by Crippen LogP contribution is -2.47. The van der Waals surface area contributed by atoms with Crippen molar-refractivity contribution in [2.75, 3.05) is 44.7 Å². The Balaban J connectivity index is 1.50. The highest BCUT2D eigenvalue weighted by atomic mass is 16.5. The Bertz CT molecular complexity index is 735. The van der Waals surface area contributed by atoms with Gasteiger partial charge in [0.05, 0.1) is 19.9 Å². The van der Waals surface area contributed by atoms with Crippen molar-refractivity contribution in [1.29, 1.82) is 0 Å². The van der Waals surface area contributed by atoms with Crippen LogP contribution < -0.4 is 4.90 Å². The van der Waals surface area contributed by atoms with E-state index in [1.165, 1.54) is 23.9 Å². The Morgan fingerprint density at radius 2 is 1.92 bits per heavy atom. The molecule has 1 aliphatic heterocycles. The SMILES string of the molecule is COC(=O)c1cn(CCN2CCN(c3cccc(C)c3C)CC2)nn1. The monoisotopic (exact) mass is 343 g/mol. The Kier molecular flexibility index (Phi) is 5.33. The standard InChI is InChI=1S/C18H25N5O2/c1-14-5-4-6-17(15(14)2)22-10-7-21(8-11-22)9-12-23-13-16(19-20-23)18(24)25-3/h4-6,13H,7-12H2,1-3H3. The number of anilines is 1. The van der Waals surface area contributed by atoms with Gasteiger partial charge in [-0.3, -0.25) is 9.58 Å². The van der Waals surface area contributed by atoms with Crippen molar-refractivity contribution >= 4 is 11.7 Å². The molecule has 7 nitrogen and oxygen atoms in total. The summed E-state index contributed by atoms with van der Waals surface area (Å²) in [6.07, 6.45) is 1.64.